The first-order valence-electron chi connectivity index (χ1n) is 3.89. The molecule has 1 amide bonds. The summed E-state index contributed by atoms with van der Waals surface area (Å²) < 4.78 is 0. The summed E-state index contributed by atoms with van der Waals surface area (Å²) in [5, 5.41) is 2.62. The number of rotatable bonds is 0. The Kier molecular flexibility index (Phi) is 1.55. The smallest absolute Gasteiger partial charge is 0.277 e. The Hall–Kier alpha value is -1.84. The molecule has 0 aromatic carbocycles. The van der Waals surface area contributed by atoms with Crippen LogP contribution in [0.25, 0.3) is 0 Å². The molecular weight excluding hydrogens is 166 g/mol. The number of carbonyl (C=O) groups excluding carboxylic acids is 1. The molecule has 0 saturated carbocycles. The van der Waals surface area contributed by atoms with E-state index in [9.17, 15) is 4.79 Å². The molecule has 1 aliphatic heterocycles. The summed E-state index contributed by atoms with van der Waals surface area (Å²) in [6.45, 7) is 3.71. The predicted octanol–water partition coefficient (Wildman–Crippen LogP) is 0.732. The number of hydrogen-bond donors (Lipinski definition) is 1. The molecule has 4 heteroatoms. The van der Waals surface area contributed by atoms with Crippen molar-refractivity contribution in [2.75, 3.05) is 11.9 Å². The van der Waals surface area contributed by atoms with E-state index >= 15 is 0 Å². The molecule has 2 rings (SSSR count). The number of hydrogen-bond acceptors (Lipinski definition) is 3. The van der Waals surface area contributed by atoms with Crippen LogP contribution < -0.4 is 10.2 Å². The van der Waals surface area contributed by atoms with E-state index in [1.807, 2.05) is 13.1 Å². The number of nitrogens with one attached hydrogen (secondary N) is 1. The molecule has 1 aromatic heterocycles. The Morgan fingerprint density at radius 2 is 2.38 bits per heavy atom. The second-order valence-corrected chi connectivity index (χ2v) is 2.83. The first-order valence-corrected chi connectivity index (χ1v) is 3.89. The van der Waals surface area contributed by atoms with Gasteiger partial charge >= 0.3 is 0 Å². The van der Waals surface area contributed by atoms with Gasteiger partial charge in [0.05, 0.1) is 5.69 Å². The highest BCUT2D eigenvalue weighted by Gasteiger charge is 2.23. The van der Waals surface area contributed by atoms with E-state index < -0.39 is 0 Å². The third-order valence-corrected chi connectivity index (χ3v) is 2.03. The third kappa shape index (κ3) is 1.07. The average Bonchev–Trinajstić information content (AvgIpc) is 2.15. The van der Waals surface area contributed by atoms with Crippen molar-refractivity contribution in [1.29, 1.82) is 0 Å². The predicted molar refractivity (Wildman–Crippen MR) is 49.2 cm³/mol. The van der Waals surface area contributed by atoms with Crippen LogP contribution in [0.15, 0.2) is 30.7 Å². The summed E-state index contributed by atoms with van der Waals surface area (Å²) in [5.41, 5.74) is 1.23. The van der Waals surface area contributed by atoms with Crippen molar-refractivity contribution in [3.63, 3.8) is 0 Å². The van der Waals surface area contributed by atoms with Gasteiger partial charge in [0.1, 0.15) is 5.82 Å². The molecular formula is C9H9N3O. The van der Waals surface area contributed by atoms with Gasteiger partial charge in [-0.3, -0.25) is 4.79 Å². The average molecular weight is 175 g/mol. The minimum Gasteiger partial charge on any atom is -0.329 e. The van der Waals surface area contributed by atoms with Crippen LogP contribution in [0.2, 0.25) is 0 Å². The molecule has 0 saturated heterocycles. The molecule has 0 spiro atoms. The summed E-state index contributed by atoms with van der Waals surface area (Å²) in [5.74, 6) is 0.379. The SMILES string of the molecule is C=C1NC(=O)c2ncccc2N1C. The first-order chi connectivity index (χ1) is 6.20. The van der Waals surface area contributed by atoms with Crippen molar-refractivity contribution >= 4 is 11.6 Å². The summed E-state index contributed by atoms with van der Waals surface area (Å²) in [7, 11) is 1.84. The largest absolute Gasteiger partial charge is 0.329 e. The van der Waals surface area contributed by atoms with Gasteiger partial charge in [0.25, 0.3) is 5.91 Å². The van der Waals surface area contributed by atoms with E-state index in [4.69, 9.17) is 0 Å². The second-order valence-electron chi connectivity index (χ2n) is 2.83. The maximum Gasteiger partial charge on any atom is 0.277 e. The van der Waals surface area contributed by atoms with Gasteiger partial charge in [0.2, 0.25) is 0 Å². The molecule has 1 aromatic rings. The summed E-state index contributed by atoms with van der Waals surface area (Å²) in [4.78, 5) is 17.2. The molecule has 0 unspecified atom stereocenters. The van der Waals surface area contributed by atoms with Crippen molar-refractivity contribution in [2.45, 2.75) is 0 Å². The lowest BCUT2D eigenvalue weighted by atomic mass is 10.2. The molecule has 4 nitrogen and oxygen atoms in total. The maximum atomic E-state index is 11.4. The monoisotopic (exact) mass is 175 g/mol. The fourth-order valence-corrected chi connectivity index (χ4v) is 1.26. The van der Waals surface area contributed by atoms with Gasteiger partial charge in [-0.2, -0.15) is 0 Å². The molecule has 0 atom stereocenters. The van der Waals surface area contributed by atoms with E-state index in [0.29, 0.717) is 11.5 Å². The third-order valence-electron chi connectivity index (χ3n) is 2.03. The van der Waals surface area contributed by atoms with Crippen molar-refractivity contribution in [2.24, 2.45) is 0 Å². The molecule has 0 aliphatic carbocycles. The molecule has 0 fully saturated rings. The van der Waals surface area contributed by atoms with Crippen molar-refractivity contribution < 1.29 is 4.79 Å². The van der Waals surface area contributed by atoms with Crippen LogP contribution in [0.1, 0.15) is 10.5 Å². The number of carbonyl (C=O) groups is 1. The molecule has 66 valence electrons. The normalized spacial score (nSPS) is 15.3. The zero-order valence-electron chi connectivity index (χ0n) is 7.24. The van der Waals surface area contributed by atoms with Crippen LogP contribution in [-0.2, 0) is 0 Å². The van der Waals surface area contributed by atoms with Crippen molar-refractivity contribution in [1.82, 2.24) is 10.3 Å². The molecule has 0 bridgehead atoms. The summed E-state index contributed by atoms with van der Waals surface area (Å²) >= 11 is 0. The van der Waals surface area contributed by atoms with Gasteiger partial charge in [-0.05, 0) is 12.1 Å². The fraction of sp³-hybridized carbons (Fsp3) is 0.111. The number of amides is 1. The van der Waals surface area contributed by atoms with Gasteiger partial charge < -0.3 is 10.2 Å². The first kappa shape index (κ1) is 7.79. The van der Waals surface area contributed by atoms with Crippen LogP contribution in [0.4, 0.5) is 5.69 Å². The minimum absolute atomic E-state index is 0.196. The van der Waals surface area contributed by atoms with Gasteiger partial charge in [-0.25, -0.2) is 4.98 Å². The Balaban J connectivity index is 2.60. The highest BCUT2D eigenvalue weighted by molar-refractivity contribution is 6.01. The highest BCUT2D eigenvalue weighted by Crippen LogP contribution is 2.22. The number of fused-ring (bicyclic) bond motifs is 1. The number of nitrogens with zero attached hydrogens (tertiary/aromatic N) is 2. The van der Waals surface area contributed by atoms with Crippen molar-refractivity contribution in [3.8, 4) is 0 Å². The van der Waals surface area contributed by atoms with Gasteiger partial charge in [0.15, 0.2) is 5.69 Å². The number of aromatic nitrogens is 1. The molecule has 1 aliphatic rings. The number of pyridine rings is 1. The Bertz CT molecular complexity index is 386. The van der Waals surface area contributed by atoms with Crippen LogP contribution >= 0.6 is 0 Å². The zero-order chi connectivity index (χ0) is 9.42. The van der Waals surface area contributed by atoms with Crippen molar-refractivity contribution in [3.05, 3.63) is 36.4 Å². The Morgan fingerprint density at radius 1 is 1.62 bits per heavy atom. The summed E-state index contributed by atoms with van der Waals surface area (Å²) in [6, 6.07) is 3.63. The van der Waals surface area contributed by atoms with Crippen LogP contribution in [0.5, 0.6) is 0 Å². The lowest BCUT2D eigenvalue weighted by Crippen LogP contribution is -2.39. The van der Waals surface area contributed by atoms with Crippen LogP contribution in [0.3, 0.4) is 0 Å². The van der Waals surface area contributed by atoms with Gasteiger partial charge in [0, 0.05) is 13.2 Å². The Labute approximate surface area is 75.9 Å². The van der Waals surface area contributed by atoms with E-state index in [1.165, 1.54) is 0 Å². The highest BCUT2D eigenvalue weighted by atomic mass is 16.2. The molecule has 2 heterocycles. The molecule has 13 heavy (non-hydrogen) atoms. The molecule has 0 radical (unpaired) electrons. The van der Waals surface area contributed by atoms with Crippen LogP contribution in [-0.4, -0.2) is 17.9 Å². The molecule has 1 N–H and O–H groups in total. The van der Waals surface area contributed by atoms with Gasteiger partial charge in [-0.1, -0.05) is 6.58 Å². The van der Waals surface area contributed by atoms with E-state index in [2.05, 4.69) is 16.9 Å². The van der Waals surface area contributed by atoms with E-state index in [0.717, 1.165) is 5.69 Å². The topological polar surface area (TPSA) is 45.2 Å². The van der Waals surface area contributed by atoms with E-state index in [1.54, 1.807) is 17.2 Å². The zero-order valence-corrected chi connectivity index (χ0v) is 7.24. The van der Waals surface area contributed by atoms with Gasteiger partial charge in [-0.15, -0.1) is 0 Å². The van der Waals surface area contributed by atoms with Crippen LogP contribution in [0, 0.1) is 0 Å². The number of anilines is 1. The fourth-order valence-electron chi connectivity index (χ4n) is 1.26. The van der Waals surface area contributed by atoms with E-state index in [-0.39, 0.29) is 5.91 Å². The summed E-state index contributed by atoms with van der Waals surface area (Å²) in [6.07, 6.45) is 1.60. The Morgan fingerprint density at radius 3 is 3.15 bits per heavy atom. The second kappa shape index (κ2) is 2.58. The quantitative estimate of drug-likeness (QED) is 0.632. The lowest BCUT2D eigenvalue weighted by Gasteiger charge is -2.28. The lowest BCUT2D eigenvalue weighted by molar-refractivity contribution is 0.0956. The maximum absolute atomic E-state index is 11.4. The standard InChI is InChI=1S/C9H9N3O/c1-6-11-9(13)8-7(12(6)2)4-3-5-10-8/h3-5H,1H2,2H3,(H,11,13). The minimum atomic E-state index is -0.196.